The van der Waals surface area contributed by atoms with Crippen molar-refractivity contribution in [2.24, 2.45) is 0 Å². The highest BCUT2D eigenvalue weighted by Crippen LogP contribution is 2.17. The number of aliphatic hydroxyl groups is 1. The minimum absolute atomic E-state index is 0.234. The number of piperazine rings is 1. The van der Waals surface area contributed by atoms with Gasteiger partial charge >= 0.3 is 0 Å². The summed E-state index contributed by atoms with van der Waals surface area (Å²) in [5.41, 5.74) is 1.36. The molecular weight excluding hydrogens is 446 g/mol. The van der Waals surface area contributed by atoms with E-state index < -0.39 is 0 Å². The minimum atomic E-state index is -0.296. The van der Waals surface area contributed by atoms with Crippen molar-refractivity contribution in [1.82, 2.24) is 25.0 Å². The van der Waals surface area contributed by atoms with Crippen molar-refractivity contribution in [3.63, 3.8) is 0 Å². The fourth-order valence-corrected chi connectivity index (χ4v) is 4.92. The molecule has 1 amide bonds. The van der Waals surface area contributed by atoms with E-state index in [0.717, 1.165) is 63.7 Å². The molecule has 1 aromatic carbocycles. The Bertz CT molecular complexity index is 922. The highest BCUT2D eigenvalue weighted by molar-refractivity contribution is 5.91. The van der Waals surface area contributed by atoms with Gasteiger partial charge in [-0.25, -0.2) is 4.98 Å². The van der Waals surface area contributed by atoms with Gasteiger partial charge in [-0.15, -0.1) is 0 Å². The van der Waals surface area contributed by atoms with Crippen LogP contribution in [0.2, 0.25) is 0 Å². The van der Waals surface area contributed by atoms with E-state index in [-0.39, 0.29) is 12.0 Å². The lowest BCUT2D eigenvalue weighted by atomic mass is 10.1. The van der Waals surface area contributed by atoms with Crippen molar-refractivity contribution in [3.05, 3.63) is 47.7 Å². The molecule has 1 unspecified atom stereocenters. The van der Waals surface area contributed by atoms with Gasteiger partial charge in [-0.3, -0.25) is 14.6 Å². The monoisotopic (exact) mass is 485 g/mol. The zero-order valence-electron chi connectivity index (χ0n) is 20.8. The number of amides is 1. The summed E-state index contributed by atoms with van der Waals surface area (Å²) in [6.45, 7) is 8.40. The Morgan fingerprint density at radius 1 is 1.06 bits per heavy atom. The molecule has 192 valence electrons. The number of methoxy groups -OCH3 is 1. The topological polar surface area (TPSA) is 94.3 Å². The van der Waals surface area contributed by atoms with Gasteiger partial charge in [0.05, 0.1) is 19.8 Å². The van der Waals surface area contributed by atoms with Crippen LogP contribution in [-0.2, 0) is 13.0 Å². The molecule has 2 aliphatic rings. The number of hydrogen-bond donors (Lipinski definition) is 2. The van der Waals surface area contributed by atoms with E-state index in [9.17, 15) is 9.90 Å². The fourth-order valence-electron chi connectivity index (χ4n) is 4.92. The molecule has 2 saturated heterocycles. The van der Waals surface area contributed by atoms with Crippen LogP contribution in [0.1, 0.15) is 41.2 Å². The van der Waals surface area contributed by atoms with Crippen LogP contribution in [0.3, 0.4) is 0 Å². The number of rotatable bonds is 11. The van der Waals surface area contributed by atoms with Crippen molar-refractivity contribution >= 4 is 5.91 Å². The summed E-state index contributed by atoms with van der Waals surface area (Å²) in [5, 5.41) is 13.4. The molecule has 35 heavy (non-hydrogen) atoms. The van der Waals surface area contributed by atoms with Gasteiger partial charge in [-0.1, -0.05) is 24.6 Å². The summed E-state index contributed by atoms with van der Waals surface area (Å²) in [7, 11) is 1.65. The molecule has 0 saturated carbocycles. The first-order valence-electron chi connectivity index (χ1n) is 12.8. The summed E-state index contributed by atoms with van der Waals surface area (Å²) in [6, 6.07) is 7.80. The van der Waals surface area contributed by atoms with Crippen LogP contribution in [0.25, 0.3) is 0 Å². The molecule has 2 aromatic rings. The normalized spacial score (nSPS) is 18.9. The van der Waals surface area contributed by atoms with Gasteiger partial charge in [-0.2, -0.15) is 0 Å². The number of aliphatic hydroxyl groups excluding tert-OH is 1. The number of nitrogens with zero attached hydrogens (tertiary/aromatic N) is 4. The number of carbonyl (C=O) groups is 1. The Balaban J connectivity index is 1.15. The number of aromatic nitrogens is 1. The van der Waals surface area contributed by atoms with Crippen LogP contribution in [0.4, 0.5) is 0 Å². The molecule has 2 fully saturated rings. The minimum Gasteiger partial charge on any atom is -0.496 e. The molecule has 1 aromatic heterocycles. The summed E-state index contributed by atoms with van der Waals surface area (Å²) >= 11 is 0. The third-order valence-corrected chi connectivity index (χ3v) is 6.87. The van der Waals surface area contributed by atoms with E-state index in [2.05, 4.69) is 25.0 Å². The molecule has 9 nitrogen and oxygen atoms in total. The third kappa shape index (κ3) is 7.76. The van der Waals surface area contributed by atoms with Crippen molar-refractivity contribution in [2.45, 2.75) is 38.3 Å². The van der Waals surface area contributed by atoms with E-state index in [1.165, 1.54) is 25.5 Å². The van der Waals surface area contributed by atoms with E-state index >= 15 is 0 Å². The summed E-state index contributed by atoms with van der Waals surface area (Å²) in [6.07, 6.45) is 5.63. The smallest absolute Gasteiger partial charge is 0.273 e. The number of likely N-dealkylation sites (tertiary alicyclic amines) is 1. The molecule has 4 rings (SSSR count). The Kier molecular flexibility index (Phi) is 9.53. The molecule has 2 aliphatic heterocycles. The Morgan fingerprint density at radius 3 is 2.49 bits per heavy atom. The van der Waals surface area contributed by atoms with Crippen LogP contribution in [0.15, 0.2) is 34.9 Å². The summed E-state index contributed by atoms with van der Waals surface area (Å²) in [4.78, 5) is 23.9. The van der Waals surface area contributed by atoms with E-state index in [1.54, 1.807) is 7.11 Å². The third-order valence-electron chi connectivity index (χ3n) is 6.87. The van der Waals surface area contributed by atoms with Gasteiger partial charge in [0.1, 0.15) is 12.0 Å². The second-order valence-corrected chi connectivity index (χ2v) is 9.54. The first-order valence-corrected chi connectivity index (χ1v) is 12.8. The molecule has 0 spiro atoms. The highest BCUT2D eigenvalue weighted by atomic mass is 16.5. The highest BCUT2D eigenvalue weighted by Gasteiger charge is 2.23. The maximum absolute atomic E-state index is 12.5. The van der Waals surface area contributed by atoms with Crippen molar-refractivity contribution in [2.75, 3.05) is 66.0 Å². The Hall–Kier alpha value is -2.46. The maximum Gasteiger partial charge on any atom is 0.273 e. The first-order chi connectivity index (χ1) is 17.1. The largest absolute Gasteiger partial charge is 0.496 e. The first kappa shape index (κ1) is 25.6. The van der Waals surface area contributed by atoms with Gasteiger partial charge < -0.3 is 24.5 Å². The Labute approximate surface area is 208 Å². The average molecular weight is 486 g/mol. The van der Waals surface area contributed by atoms with Gasteiger partial charge in [0, 0.05) is 45.8 Å². The van der Waals surface area contributed by atoms with Crippen LogP contribution in [0, 0.1) is 0 Å². The standard InChI is InChI=1S/C26H39N5O4/c1-34-24-8-4-3-7-21(24)9-10-27-26(33)23-20-35-25(28-23)19-31-15-13-30(14-16-31)18-22(32)17-29-11-5-2-6-12-29/h3-4,7-8,20,22,32H,2,5-6,9-19H2,1H3,(H,27,33). The number of para-hydroxylation sites is 1. The van der Waals surface area contributed by atoms with Crippen LogP contribution >= 0.6 is 0 Å². The van der Waals surface area contributed by atoms with Gasteiger partial charge in [0.25, 0.3) is 5.91 Å². The zero-order valence-corrected chi connectivity index (χ0v) is 20.8. The van der Waals surface area contributed by atoms with Gasteiger partial charge in [0.2, 0.25) is 5.89 Å². The quantitative estimate of drug-likeness (QED) is 0.496. The van der Waals surface area contributed by atoms with Crippen LogP contribution in [-0.4, -0.2) is 103 Å². The lowest BCUT2D eigenvalue weighted by Gasteiger charge is -2.36. The van der Waals surface area contributed by atoms with Crippen molar-refractivity contribution < 1.29 is 19.1 Å². The predicted octanol–water partition coefficient (Wildman–Crippen LogP) is 1.62. The van der Waals surface area contributed by atoms with Crippen LogP contribution < -0.4 is 10.1 Å². The molecule has 0 radical (unpaired) electrons. The van der Waals surface area contributed by atoms with E-state index in [4.69, 9.17) is 9.15 Å². The second kappa shape index (κ2) is 13.0. The number of β-amino-alcohol motifs (C(OH)–C–C–N with tert-alkyl or cyclic N) is 1. The number of benzene rings is 1. The van der Waals surface area contributed by atoms with Gasteiger partial charge in [-0.05, 0) is 44.0 Å². The lowest BCUT2D eigenvalue weighted by molar-refractivity contribution is 0.0434. The predicted molar refractivity (Wildman–Crippen MR) is 134 cm³/mol. The SMILES string of the molecule is COc1ccccc1CCNC(=O)c1coc(CN2CCN(CC(O)CN3CCCCC3)CC2)n1. The number of ether oxygens (including phenoxy) is 1. The molecule has 1 atom stereocenters. The Morgan fingerprint density at radius 2 is 1.74 bits per heavy atom. The number of oxazole rings is 1. The average Bonchev–Trinajstić information content (AvgIpc) is 3.34. The maximum atomic E-state index is 12.5. The zero-order chi connectivity index (χ0) is 24.5. The lowest BCUT2D eigenvalue weighted by Crippen LogP contribution is -2.50. The molecule has 9 heteroatoms. The van der Waals surface area contributed by atoms with Crippen molar-refractivity contribution in [3.8, 4) is 5.75 Å². The molecule has 0 aliphatic carbocycles. The number of piperidine rings is 1. The number of nitrogens with one attached hydrogen (secondary N) is 1. The summed E-state index contributed by atoms with van der Waals surface area (Å²) in [5.74, 6) is 1.14. The molecule has 2 N–H and O–H groups in total. The second-order valence-electron chi connectivity index (χ2n) is 9.54. The molecule has 0 bridgehead atoms. The fraction of sp³-hybridized carbons (Fsp3) is 0.615. The van der Waals surface area contributed by atoms with E-state index in [1.807, 2.05) is 24.3 Å². The molecule has 3 heterocycles. The number of carbonyl (C=O) groups excluding carboxylic acids is 1. The van der Waals surface area contributed by atoms with Gasteiger partial charge in [0.15, 0.2) is 5.69 Å². The summed E-state index contributed by atoms with van der Waals surface area (Å²) < 4.78 is 10.9. The van der Waals surface area contributed by atoms with Crippen LogP contribution in [0.5, 0.6) is 5.75 Å². The number of hydrogen-bond acceptors (Lipinski definition) is 8. The van der Waals surface area contributed by atoms with E-state index in [0.29, 0.717) is 31.1 Å². The molecular formula is C26H39N5O4. The van der Waals surface area contributed by atoms with Crippen molar-refractivity contribution in [1.29, 1.82) is 0 Å².